The molecular formula is C27H44N4O4. The fraction of sp³-hybridized carbons (Fsp3) is 0.741. The van der Waals surface area contributed by atoms with Crippen LogP contribution in [0.15, 0.2) is 0 Å². The van der Waals surface area contributed by atoms with Crippen LogP contribution in [-0.2, 0) is 20.7 Å². The summed E-state index contributed by atoms with van der Waals surface area (Å²) in [6.07, 6.45) is 7.30. The number of carbonyl (C=O) groups excluding carboxylic acids is 3. The number of aromatic nitrogens is 1. The maximum atomic E-state index is 12.8. The molecule has 8 nitrogen and oxygen atoms in total. The summed E-state index contributed by atoms with van der Waals surface area (Å²) in [5.74, 6) is -0.118. The first-order valence-corrected chi connectivity index (χ1v) is 13.5. The number of aromatic amines is 1. The molecule has 2 aliphatic rings. The fourth-order valence-corrected chi connectivity index (χ4v) is 5.48. The number of amides is 2. The minimum Gasteiger partial charge on any atom is -0.461 e. The molecule has 1 aromatic heterocycles. The van der Waals surface area contributed by atoms with Crippen LogP contribution in [0.1, 0.15) is 86.1 Å². The van der Waals surface area contributed by atoms with E-state index in [0.29, 0.717) is 44.3 Å². The van der Waals surface area contributed by atoms with E-state index in [0.717, 1.165) is 49.2 Å². The Morgan fingerprint density at radius 2 is 1.83 bits per heavy atom. The van der Waals surface area contributed by atoms with Gasteiger partial charge in [0.05, 0.1) is 6.61 Å². The highest BCUT2D eigenvalue weighted by Crippen LogP contribution is 2.23. The SMILES string of the molecule is CCOC(=O)c1[nH]c(C)c(CCC(=O)N2CCC(C(=O)NCCCN3CCCC[C@@H]3C)CC2)c1C. The van der Waals surface area contributed by atoms with E-state index in [1.54, 1.807) is 6.92 Å². The van der Waals surface area contributed by atoms with Crippen LogP contribution in [0, 0.1) is 19.8 Å². The van der Waals surface area contributed by atoms with E-state index >= 15 is 0 Å². The number of carbonyl (C=O) groups is 3. The average molecular weight is 489 g/mol. The van der Waals surface area contributed by atoms with Gasteiger partial charge in [0.15, 0.2) is 0 Å². The Hall–Kier alpha value is -2.35. The minimum absolute atomic E-state index is 0.00532. The van der Waals surface area contributed by atoms with Gasteiger partial charge in [0.1, 0.15) is 5.69 Å². The summed E-state index contributed by atoms with van der Waals surface area (Å²) in [5.41, 5.74) is 3.25. The largest absolute Gasteiger partial charge is 0.461 e. The molecule has 8 heteroatoms. The normalized spacial score (nSPS) is 19.5. The van der Waals surface area contributed by atoms with Gasteiger partial charge in [-0.15, -0.1) is 0 Å². The van der Waals surface area contributed by atoms with Gasteiger partial charge < -0.3 is 24.8 Å². The molecule has 0 spiro atoms. The number of likely N-dealkylation sites (tertiary alicyclic amines) is 2. The topological polar surface area (TPSA) is 94.7 Å². The zero-order valence-corrected chi connectivity index (χ0v) is 22.1. The number of aryl methyl sites for hydroxylation is 1. The Morgan fingerprint density at radius 1 is 1.09 bits per heavy atom. The van der Waals surface area contributed by atoms with Crippen molar-refractivity contribution in [3.63, 3.8) is 0 Å². The van der Waals surface area contributed by atoms with Crippen molar-refractivity contribution >= 4 is 17.8 Å². The molecule has 2 fully saturated rings. The maximum Gasteiger partial charge on any atom is 0.355 e. The van der Waals surface area contributed by atoms with Crippen molar-refractivity contribution in [3.8, 4) is 0 Å². The third-order valence-electron chi connectivity index (χ3n) is 7.74. The molecule has 2 saturated heterocycles. The van der Waals surface area contributed by atoms with E-state index in [1.165, 1.54) is 25.8 Å². The molecule has 2 amide bonds. The molecule has 0 aliphatic carbocycles. The van der Waals surface area contributed by atoms with Crippen molar-refractivity contribution in [1.82, 2.24) is 20.1 Å². The van der Waals surface area contributed by atoms with Crippen LogP contribution in [0.4, 0.5) is 0 Å². The number of H-pyrrole nitrogens is 1. The van der Waals surface area contributed by atoms with Crippen LogP contribution in [0.3, 0.4) is 0 Å². The van der Waals surface area contributed by atoms with Gasteiger partial charge in [-0.25, -0.2) is 4.79 Å². The number of hydrogen-bond donors (Lipinski definition) is 2. The molecule has 196 valence electrons. The second kappa shape index (κ2) is 13.1. The van der Waals surface area contributed by atoms with Crippen molar-refractivity contribution in [3.05, 3.63) is 22.5 Å². The van der Waals surface area contributed by atoms with E-state index < -0.39 is 0 Å². The van der Waals surface area contributed by atoms with Gasteiger partial charge in [-0.1, -0.05) is 6.42 Å². The van der Waals surface area contributed by atoms with E-state index in [-0.39, 0.29) is 23.7 Å². The number of rotatable bonds is 10. The van der Waals surface area contributed by atoms with Crippen molar-refractivity contribution in [2.24, 2.45) is 5.92 Å². The summed E-state index contributed by atoms with van der Waals surface area (Å²) in [4.78, 5) is 45.1. The number of nitrogens with zero attached hydrogens (tertiary/aromatic N) is 2. The van der Waals surface area contributed by atoms with E-state index in [1.807, 2.05) is 18.7 Å². The van der Waals surface area contributed by atoms with Crippen LogP contribution in [-0.4, -0.2) is 77.9 Å². The van der Waals surface area contributed by atoms with Gasteiger partial charge >= 0.3 is 5.97 Å². The Balaban J connectivity index is 1.37. The highest BCUT2D eigenvalue weighted by atomic mass is 16.5. The zero-order valence-electron chi connectivity index (χ0n) is 22.1. The van der Waals surface area contributed by atoms with Crippen LogP contribution >= 0.6 is 0 Å². The molecule has 1 atom stereocenters. The molecule has 0 radical (unpaired) electrons. The fourth-order valence-electron chi connectivity index (χ4n) is 5.48. The molecule has 3 rings (SSSR count). The van der Waals surface area contributed by atoms with Gasteiger partial charge in [-0.05, 0) is 83.9 Å². The Kier molecular flexibility index (Phi) is 10.2. The second-order valence-electron chi connectivity index (χ2n) is 10.1. The number of ether oxygens (including phenoxy) is 1. The first-order chi connectivity index (χ1) is 16.8. The highest BCUT2D eigenvalue weighted by Gasteiger charge is 2.27. The molecule has 0 saturated carbocycles. The minimum atomic E-state index is -0.355. The number of piperidine rings is 2. The molecule has 1 aromatic rings. The van der Waals surface area contributed by atoms with Gasteiger partial charge in [0, 0.05) is 50.3 Å². The Morgan fingerprint density at radius 3 is 2.51 bits per heavy atom. The van der Waals surface area contributed by atoms with Gasteiger partial charge in [0.25, 0.3) is 0 Å². The Labute approximate surface area is 210 Å². The lowest BCUT2D eigenvalue weighted by atomic mass is 9.95. The first kappa shape index (κ1) is 27.2. The maximum absolute atomic E-state index is 12.8. The molecule has 0 bridgehead atoms. The smallest absolute Gasteiger partial charge is 0.355 e. The monoisotopic (exact) mass is 488 g/mol. The average Bonchev–Trinajstić information content (AvgIpc) is 3.14. The number of nitrogens with one attached hydrogen (secondary N) is 2. The van der Waals surface area contributed by atoms with Crippen molar-refractivity contribution in [2.75, 3.05) is 39.3 Å². The quantitative estimate of drug-likeness (QED) is 0.389. The molecule has 2 N–H and O–H groups in total. The summed E-state index contributed by atoms with van der Waals surface area (Å²) in [6, 6.07) is 0.658. The van der Waals surface area contributed by atoms with E-state index in [2.05, 4.69) is 22.1 Å². The molecular weight excluding hydrogens is 444 g/mol. The van der Waals surface area contributed by atoms with Crippen LogP contribution in [0.5, 0.6) is 0 Å². The van der Waals surface area contributed by atoms with Gasteiger partial charge in [-0.3, -0.25) is 9.59 Å². The standard InChI is InChI=1S/C27H44N4O4/c1-5-35-27(34)25-20(3)23(21(4)29-25)10-11-24(32)31-17-12-22(13-18-31)26(33)28-14-8-16-30-15-7-6-9-19(30)2/h19,22,29H,5-18H2,1-4H3,(H,28,33)/t19-/m0/s1. The van der Waals surface area contributed by atoms with Crippen molar-refractivity contribution in [2.45, 2.75) is 85.1 Å². The number of hydrogen-bond acceptors (Lipinski definition) is 5. The molecule has 2 aliphatic heterocycles. The predicted octanol–water partition coefficient (Wildman–Crippen LogP) is 3.36. The summed E-state index contributed by atoms with van der Waals surface area (Å²) in [7, 11) is 0. The summed E-state index contributed by atoms with van der Waals surface area (Å²) >= 11 is 0. The lowest BCUT2D eigenvalue weighted by Gasteiger charge is -2.33. The van der Waals surface area contributed by atoms with E-state index in [4.69, 9.17) is 4.74 Å². The molecule has 35 heavy (non-hydrogen) atoms. The van der Waals surface area contributed by atoms with Gasteiger partial charge in [0.2, 0.25) is 11.8 Å². The summed E-state index contributed by atoms with van der Waals surface area (Å²) < 4.78 is 5.11. The lowest BCUT2D eigenvalue weighted by molar-refractivity contribution is -0.135. The molecule has 0 aromatic carbocycles. The van der Waals surface area contributed by atoms with Crippen LogP contribution in [0.2, 0.25) is 0 Å². The third kappa shape index (κ3) is 7.32. The second-order valence-corrected chi connectivity index (χ2v) is 10.1. The van der Waals surface area contributed by atoms with Crippen molar-refractivity contribution in [1.29, 1.82) is 0 Å². The van der Waals surface area contributed by atoms with Crippen LogP contribution in [0.25, 0.3) is 0 Å². The molecule has 0 unspecified atom stereocenters. The third-order valence-corrected chi connectivity index (χ3v) is 7.74. The van der Waals surface area contributed by atoms with Crippen LogP contribution < -0.4 is 5.32 Å². The lowest BCUT2D eigenvalue weighted by Crippen LogP contribution is -2.44. The summed E-state index contributed by atoms with van der Waals surface area (Å²) in [6.45, 7) is 12.4. The van der Waals surface area contributed by atoms with Crippen molar-refractivity contribution < 1.29 is 19.1 Å². The molecule has 3 heterocycles. The summed E-state index contributed by atoms with van der Waals surface area (Å²) in [5, 5.41) is 3.12. The zero-order chi connectivity index (χ0) is 25.4. The number of esters is 1. The first-order valence-electron chi connectivity index (χ1n) is 13.5. The predicted molar refractivity (Wildman–Crippen MR) is 136 cm³/mol. The van der Waals surface area contributed by atoms with Gasteiger partial charge in [-0.2, -0.15) is 0 Å². The highest BCUT2D eigenvalue weighted by molar-refractivity contribution is 5.90. The van der Waals surface area contributed by atoms with E-state index in [9.17, 15) is 14.4 Å². The Bertz CT molecular complexity index is 873.